The second-order valence-corrected chi connectivity index (χ2v) is 3.94. The van der Waals surface area contributed by atoms with E-state index in [9.17, 15) is 4.79 Å². The van der Waals surface area contributed by atoms with Crippen molar-refractivity contribution in [3.05, 3.63) is 35.5 Å². The Kier molecular flexibility index (Phi) is 3.41. The van der Waals surface area contributed by atoms with Crippen LogP contribution in [0, 0.1) is 0 Å². The maximum atomic E-state index is 11.1. The van der Waals surface area contributed by atoms with Crippen molar-refractivity contribution in [2.24, 2.45) is 0 Å². The molecule has 18 heavy (non-hydrogen) atoms. The van der Waals surface area contributed by atoms with E-state index in [1.807, 2.05) is 31.2 Å². The molecule has 0 bridgehead atoms. The van der Waals surface area contributed by atoms with Gasteiger partial charge in [-0.05, 0) is 18.9 Å². The van der Waals surface area contributed by atoms with E-state index >= 15 is 0 Å². The molecule has 5 heteroatoms. The summed E-state index contributed by atoms with van der Waals surface area (Å²) in [5.41, 5.74) is 2.41. The molecule has 0 atom stereocenters. The third kappa shape index (κ3) is 2.25. The fourth-order valence-corrected chi connectivity index (χ4v) is 1.73. The highest BCUT2D eigenvalue weighted by Gasteiger charge is 2.18. The van der Waals surface area contributed by atoms with Crippen molar-refractivity contribution in [1.29, 1.82) is 0 Å². The van der Waals surface area contributed by atoms with E-state index in [4.69, 9.17) is 5.11 Å². The summed E-state index contributed by atoms with van der Waals surface area (Å²) in [7, 11) is 0. The normalized spacial score (nSPS) is 10.6. The predicted octanol–water partition coefficient (Wildman–Crippen LogP) is 2.23. The number of hydrogen-bond donors (Lipinski definition) is 1. The molecule has 2 aromatic rings. The van der Waals surface area contributed by atoms with E-state index in [1.165, 1.54) is 10.4 Å². The number of aromatic carboxylic acids is 1. The van der Waals surface area contributed by atoms with Gasteiger partial charge in [-0.2, -0.15) is 9.90 Å². The van der Waals surface area contributed by atoms with E-state index in [-0.39, 0.29) is 5.69 Å². The Hall–Kier alpha value is -2.17. The number of aryl methyl sites for hydroxylation is 2. The zero-order valence-electron chi connectivity index (χ0n) is 10.4. The van der Waals surface area contributed by atoms with Crippen molar-refractivity contribution in [3.8, 4) is 11.3 Å². The van der Waals surface area contributed by atoms with Crippen molar-refractivity contribution in [2.45, 2.75) is 26.8 Å². The Morgan fingerprint density at radius 1 is 1.22 bits per heavy atom. The van der Waals surface area contributed by atoms with Crippen LogP contribution in [0.3, 0.4) is 0 Å². The lowest BCUT2D eigenvalue weighted by molar-refractivity contribution is 0.0690. The largest absolute Gasteiger partial charge is 0.476 e. The molecular weight excluding hydrogens is 230 g/mol. The standard InChI is InChI=1S/C13H15N3O2/c1-3-9-5-7-10(8-6-9)11-12(13(17)18)15-16(4-2)14-11/h5-8H,3-4H2,1-2H3,(H,17,18). The number of rotatable bonds is 4. The summed E-state index contributed by atoms with van der Waals surface area (Å²) in [6, 6.07) is 7.72. The second kappa shape index (κ2) is 5.00. The molecule has 0 aliphatic rings. The Balaban J connectivity index is 2.47. The van der Waals surface area contributed by atoms with Gasteiger partial charge >= 0.3 is 5.97 Å². The maximum absolute atomic E-state index is 11.1. The Bertz CT molecular complexity index is 558. The van der Waals surface area contributed by atoms with Crippen LogP contribution in [0.5, 0.6) is 0 Å². The van der Waals surface area contributed by atoms with Crippen LogP contribution in [0.25, 0.3) is 11.3 Å². The molecule has 0 amide bonds. The molecule has 0 aliphatic heterocycles. The van der Waals surface area contributed by atoms with Crippen LogP contribution in [-0.2, 0) is 13.0 Å². The zero-order chi connectivity index (χ0) is 13.1. The highest BCUT2D eigenvalue weighted by molar-refractivity contribution is 5.92. The van der Waals surface area contributed by atoms with Crippen LogP contribution in [0.1, 0.15) is 29.9 Å². The molecular formula is C13H15N3O2. The van der Waals surface area contributed by atoms with Gasteiger partial charge in [-0.15, -0.1) is 5.10 Å². The van der Waals surface area contributed by atoms with Crippen LogP contribution in [0.2, 0.25) is 0 Å². The van der Waals surface area contributed by atoms with Gasteiger partial charge in [-0.3, -0.25) is 0 Å². The smallest absolute Gasteiger partial charge is 0.358 e. The monoisotopic (exact) mass is 245 g/mol. The number of benzene rings is 1. The Morgan fingerprint density at radius 2 is 1.89 bits per heavy atom. The number of nitrogens with zero attached hydrogens (tertiary/aromatic N) is 3. The molecule has 0 aliphatic carbocycles. The summed E-state index contributed by atoms with van der Waals surface area (Å²) >= 11 is 0. The van der Waals surface area contributed by atoms with Gasteiger partial charge in [-0.25, -0.2) is 4.79 Å². The number of hydrogen-bond acceptors (Lipinski definition) is 3. The lowest BCUT2D eigenvalue weighted by Gasteiger charge is -2.00. The molecule has 2 rings (SSSR count). The van der Waals surface area contributed by atoms with Crippen molar-refractivity contribution < 1.29 is 9.90 Å². The van der Waals surface area contributed by atoms with E-state index in [2.05, 4.69) is 17.1 Å². The van der Waals surface area contributed by atoms with Gasteiger partial charge in [0.2, 0.25) is 0 Å². The molecule has 0 unspecified atom stereocenters. The zero-order valence-corrected chi connectivity index (χ0v) is 10.4. The molecule has 0 radical (unpaired) electrons. The molecule has 94 valence electrons. The SMILES string of the molecule is CCc1ccc(-c2nn(CC)nc2C(=O)O)cc1. The van der Waals surface area contributed by atoms with Gasteiger partial charge in [-0.1, -0.05) is 31.2 Å². The average Bonchev–Trinajstić information content (AvgIpc) is 2.83. The minimum atomic E-state index is -1.05. The first-order valence-corrected chi connectivity index (χ1v) is 5.93. The molecule has 0 saturated carbocycles. The molecule has 1 aromatic carbocycles. The van der Waals surface area contributed by atoms with E-state index in [0.717, 1.165) is 12.0 Å². The number of aromatic nitrogens is 3. The Labute approximate surface area is 105 Å². The van der Waals surface area contributed by atoms with Crippen molar-refractivity contribution in [1.82, 2.24) is 15.0 Å². The average molecular weight is 245 g/mol. The van der Waals surface area contributed by atoms with E-state index in [0.29, 0.717) is 12.2 Å². The molecule has 1 heterocycles. The predicted molar refractivity (Wildman–Crippen MR) is 67.5 cm³/mol. The molecule has 0 fully saturated rings. The number of carboxylic acids is 1. The third-order valence-electron chi connectivity index (χ3n) is 2.78. The summed E-state index contributed by atoms with van der Waals surface area (Å²) in [5.74, 6) is -1.05. The van der Waals surface area contributed by atoms with Gasteiger partial charge in [0.15, 0.2) is 5.69 Å². The lowest BCUT2D eigenvalue weighted by atomic mass is 10.1. The third-order valence-corrected chi connectivity index (χ3v) is 2.78. The first-order valence-electron chi connectivity index (χ1n) is 5.93. The summed E-state index contributed by atoms with van der Waals surface area (Å²) < 4.78 is 0. The molecule has 0 spiro atoms. The lowest BCUT2D eigenvalue weighted by Crippen LogP contribution is -2.02. The summed E-state index contributed by atoms with van der Waals surface area (Å²) in [4.78, 5) is 12.5. The molecule has 1 N–H and O–H groups in total. The summed E-state index contributed by atoms with van der Waals surface area (Å²) in [6.45, 7) is 4.49. The summed E-state index contributed by atoms with van der Waals surface area (Å²) in [6.07, 6.45) is 0.952. The molecule has 0 saturated heterocycles. The van der Waals surface area contributed by atoms with Gasteiger partial charge < -0.3 is 5.11 Å². The number of carbonyl (C=O) groups is 1. The first kappa shape index (κ1) is 12.3. The quantitative estimate of drug-likeness (QED) is 0.896. The van der Waals surface area contributed by atoms with Gasteiger partial charge in [0.05, 0.1) is 6.54 Å². The van der Waals surface area contributed by atoms with E-state index < -0.39 is 5.97 Å². The van der Waals surface area contributed by atoms with Gasteiger partial charge in [0, 0.05) is 5.56 Å². The van der Waals surface area contributed by atoms with Crippen LogP contribution in [-0.4, -0.2) is 26.1 Å². The van der Waals surface area contributed by atoms with E-state index in [1.54, 1.807) is 0 Å². The van der Waals surface area contributed by atoms with Crippen LogP contribution >= 0.6 is 0 Å². The maximum Gasteiger partial charge on any atom is 0.358 e. The van der Waals surface area contributed by atoms with Gasteiger partial charge in [0.25, 0.3) is 0 Å². The fraction of sp³-hybridized carbons (Fsp3) is 0.308. The highest BCUT2D eigenvalue weighted by Crippen LogP contribution is 2.21. The highest BCUT2D eigenvalue weighted by atomic mass is 16.4. The van der Waals surface area contributed by atoms with Crippen LogP contribution < -0.4 is 0 Å². The molecule has 1 aromatic heterocycles. The van der Waals surface area contributed by atoms with Crippen molar-refractivity contribution in [2.75, 3.05) is 0 Å². The topological polar surface area (TPSA) is 68.0 Å². The fourth-order valence-electron chi connectivity index (χ4n) is 1.73. The first-order chi connectivity index (χ1) is 8.65. The minimum absolute atomic E-state index is 0.00102. The molecule has 5 nitrogen and oxygen atoms in total. The van der Waals surface area contributed by atoms with Crippen LogP contribution in [0.4, 0.5) is 0 Å². The Morgan fingerprint density at radius 3 is 2.39 bits per heavy atom. The second-order valence-electron chi connectivity index (χ2n) is 3.94. The number of carboxylic acid groups (broad SMARTS) is 1. The minimum Gasteiger partial charge on any atom is -0.476 e. The van der Waals surface area contributed by atoms with Gasteiger partial charge in [0.1, 0.15) is 5.69 Å². The van der Waals surface area contributed by atoms with Crippen molar-refractivity contribution >= 4 is 5.97 Å². The van der Waals surface area contributed by atoms with Crippen LogP contribution in [0.15, 0.2) is 24.3 Å². The summed E-state index contributed by atoms with van der Waals surface area (Å²) in [5, 5.41) is 17.3. The van der Waals surface area contributed by atoms with Crippen molar-refractivity contribution in [3.63, 3.8) is 0 Å².